The third-order valence-electron chi connectivity index (χ3n) is 4.56. The van der Waals surface area contributed by atoms with Crippen molar-refractivity contribution < 1.29 is 28.1 Å². The van der Waals surface area contributed by atoms with Crippen molar-refractivity contribution in [1.29, 1.82) is 0 Å². The first-order valence-electron chi connectivity index (χ1n) is 8.58. The first-order chi connectivity index (χ1) is 12.1. The fourth-order valence-corrected chi connectivity index (χ4v) is 3.72. The minimum absolute atomic E-state index is 0.0539. The highest BCUT2D eigenvalue weighted by Crippen LogP contribution is 2.33. The number of hydrogen-bond donors (Lipinski definition) is 0. The molecule has 0 radical (unpaired) electrons. The minimum Gasteiger partial charge on any atom is -0.487 e. The Morgan fingerprint density at radius 2 is 2.04 bits per heavy atom. The molecule has 1 unspecified atom stereocenters. The van der Waals surface area contributed by atoms with Crippen LogP contribution in [0.1, 0.15) is 48.9 Å². The Labute approximate surface area is 154 Å². The zero-order valence-electron chi connectivity index (χ0n) is 14.1. The van der Waals surface area contributed by atoms with Gasteiger partial charge in [0.25, 0.3) is 0 Å². The van der Waals surface area contributed by atoms with Gasteiger partial charge < -0.3 is 18.9 Å². The molecule has 0 amide bonds. The molecule has 3 atom stereocenters. The Morgan fingerprint density at radius 3 is 2.76 bits per heavy atom. The van der Waals surface area contributed by atoms with Crippen LogP contribution in [-0.2, 0) is 14.2 Å². The van der Waals surface area contributed by atoms with Crippen LogP contribution in [-0.4, -0.2) is 38.2 Å². The van der Waals surface area contributed by atoms with Crippen LogP contribution in [0, 0.1) is 5.82 Å². The van der Waals surface area contributed by atoms with Gasteiger partial charge in [-0.3, -0.25) is 0 Å². The molecule has 138 valence electrons. The second-order valence-electron chi connectivity index (χ2n) is 6.34. The van der Waals surface area contributed by atoms with Crippen molar-refractivity contribution in [1.82, 2.24) is 0 Å². The maximum atomic E-state index is 14.5. The van der Waals surface area contributed by atoms with Crippen molar-refractivity contribution in [3.8, 4) is 5.75 Å². The summed E-state index contributed by atoms with van der Waals surface area (Å²) in [6.45, 7) is 0.753. The van der Waals surface area contributed by atoms with Crippen LogP contribution >= 0.6 is 15.9 Å². The summed E-state index contributed by atoms with van der Waals surface area (Å²) >= 11 is 3.10. The van der Waals surface area contributed by atoms with E-state index in [1.165, 1.54) is 19.2 Å². The predicted octanol–water partition coefficient (Wildman–Crippen LogP) is 4.22. The van der Waals surface area contributed by atoms with Crippen LogP contribution in [0.5, 0.6) is 5.75 Å². The molecule has 1 aromatic carbocycles. The molecule has 1 saturated heterocycles. The highest BCUT2D eigenvalue weighted by atomic mass is 79.9. The van der Waals surface area contributed by atoms with Crippen LogP contribution < -0.4 is 4.74 Å². The van der Waals surface area contributed by atoms with Crippen molar-refractivity contribution in [3.63, 3.8) is 0 Å². The average Bonchev–Trinajstić information content (AvgIpc) is 3.06. The zero-order chi connectivity index (χ0) is 17.8. The first-order valence-corrected chi connectivity index (χ1v) is 9.37. The van der Waals surface area contributed by atoms with Gasteiger partial charge in [-0.05, 0) is 60.2 Å². The summed E-state index contributed by atoms with van der Waals surface area (Å²) in [5.74, 6) is -1.07. The second-order valence-corrected chi connectivity index (χ2v) is 7.13. The fraction of sp³-hybridized carbons (Fsp3) is 0.611. The van der Waals surface area contributed by atoms with Gasteiger partial charge >= 0.3 is 5.97 Å². The Bertz CT molecular complexity index is 618. The summed E-state index contributed by atoms with van der Waals surface area (Å²) in [6, 6.07) is 2.96. The van der Waals surface area contributed by atoms with Gasteiger partial charge in [0.15, 0.2) is 17.9 Å². The molecule has 0 N–H and O–H groups in total. The van der Waals surface area contributed by atoms with Gasteiger partial charge in [0, 0.05) is 13.0 Å². The maximum Gasteiger partial charge on any atom is 0.339 e. The first kappa shape index (κ1) is 18.6. The van der Waals surface area contributed by atoms with Crippen molar-refractivity contribution in [2.24, 2.45) is 0 Å². The number of halogens is 2. The quantitative estimate of drug-likeness (QED) is 0.672. The van der Waals surface area contributed by atoms with E-state index in [-0.39, 0.29) is 34.3 Å². The van der Waals surface area contributed by atoms with Crippen LogP contribution in [0.3, 0.4) is 0 Å². The van der Waals surface area contributed by atoms with E-state index in [2.05, 4.69) is 20.7 Å². The molecule has 1 aliphatic heterocycles. The SMILES string of the molecule is COC(=O)c1ccc(O[C@H]2CC[C@@H](OC3CCCCO3)C2)c(F)c1Br. The molecule has 1 heterocycles. The van der Waals surface area contributed by atoms with Crippen molar-refractivity contribution >= 4 is 21.9 Å². The number of methoxy groups -OCH3 is 1. The Balaban J connectivity index is 1.58. The monoisotopic (exact) mass is 416 g/mol. The molecule has 0 bridgehead atoms. The topological polar surface area (TPSA) is 54.0 Å². The molecule has 2 aliphatic rings. The molecule has 2 fully saturated rings. The predicted molar refractivity (Wildman–Crippen MR) is 92.2 cm³/mol. The van der Waals surface area contributed by atoms with Gasteiger partial charge in [-0.2, -0.15) is 0 Å². The summed E-state index contributed by atoms with van der Waals surface area (Å²) in [6.07, 6.45) is 5.36. The van der Waals surface area contributed by atoms with E-state index in [1.807, 2.05) is 0 Å². The highest BCUT2D eigenvalue weighted by molar-refractivity contribution is 9.10. The number of ether oxygens (including phenoxy) is 4. The molecule has 1 aromatic rings. The summed E-state index contributed by atoms with van der Waals surface area (Å²) in [5.41, 5.74) is 0.134. The third-order valence-corrected chi connectivity index (χ3v) is 5.34. The largest absolute Gasteiger partial charge is 0.487 e. The lowest BCUT2D eigenvalue weighted by Gasteiger charge is -2.26. The van der Waals surface area contributed by atoms with Crippen LogP contribution in [0.25, 0.3) is 0 Å². The van der Waals surface area contributed by atoms with E-state index in [1.54, 1.807) is 0 Å². The smallest absolute Gasteiger partial charge is 0.339 e. The molecular formula is C18H22BrFO5. The summed E-state index contributed by atoms with van der Waals surface area (Å²) in [4.78, 5) is 11.6. The Morgan fingerprint density at radius 1 is 1.24 bits per heavy atom. The van der Waals surface area contributed by atoms with E-state index in [4.69, 9.17) is 14.2 Å². The van der Waals surface area contributed by atoms with Crippen molar-refractivity contribution in [2.45, 2.75) is 57.0 Å². The Hall–Kier alpha value is -1.18. The number of benzene rings is 1. The van der Waals surface area contributed by atoms with Crippen LogP contribution in [0.15, 0.2) is 16.6 Å². The lowest BCUT2D eigenvalue weighted by Crippen LogP contribution is -2.27. The van der Waals surface area contributed by atoms with Gasteiger partial charge in [-0.25, -0.2) is 9.18 Å². The van der Waals surface area contributed by atoms with Crippen molar-refractivity contribution in [2.75, 3.05) is 13.7 Å². The summed E-state index contributed by atoms with van der Waals surface area (Å²) in [7, 11) is 1.26. The summed E-state index contributed by atoms with van der Waals surface area (Å²) < 4.78 is 36.5. The third kappa shape index (κ3) is 4.51. The average molecular weight is 417 g/mol. The molecular weight excluding hydrogens is 395 g/mol. The van der Waals surface area contributed by atoms with E-state index in [0.29, 0.717) is 6.42 Å². The number of esters is 1. The lowest BCUT2D eigenvalue weighted by molar-refractivity contribution is -0.187. The Kier molecular flexibility index (Phi) is 6.30. The number of hydrogen-bond acceptors (Lipinski definition) is 5. The molecule has 25 heavy (non-hydrogen) atoms. The van der Waals surface area contributed by atoms with Gasteiger partial charge in [-0.15, -0.1) is 0 Å². The van der Waals surface area contributed by atoms with E-state index < -0.39 is 11.8 Å². The van der Waals surface area contributed by atoms with Crippen LogP contribution in [0.4, 0.5) is 4.39 Å². The molecule has 0 aromatic heterocycles. The van der Waals surface area contributed by atoms with Gasteiger partial charge in [0.1, 0.15) is 6.10 Å². The second kappa shape index (κ2) is 8.47. The molecule has 3 rings (SSSR count). The van der Waals surface area contributed by atoms with Gasteiger partial charge in [0.2, 0.25) is 0 Å². The van der Waals surface area contributed by atoms with Gasteiger partial charge in [-0.1, -0.05) is 0 Å². The molecule has 7 heteroatoms. The van der Waals surface area contributed by atoms with Crippen LogP contribution in [0.2, 0.25) is 0 Å². The molecule has 1 aliphatic carbocycles. The number of rotatable bonds is 5. The molecule has 0 spiro atoms. The highest BCUT2D eigenvalue weighted by Gasteiger charge is 2.31. The van der Waals surface area contributed by atoms with E-state index in [0.717, 1.165) is 38.7 Å². The number of carbonyl (C=O) groups excluding carboxylic acids is 1. The standard InChI is InChI=1S/C18H22BrFO5/c1-22-18(21)13-7-8-14(17(20)16(13)19)24-11-5-6-12(10-11)25-15-4-2-3-9-23-15/h7-8,11-12,15H,2-6,9-10H2,1H3/t11-,12+,15?/m0/s1. The van der Waals surface area contributed by atoms with Gasteiger partial charge in [0.05, 0.1) is 23.2 Å². The van der Waals surface area contributed by atoms with E-state index in [9.17, 15) is 9.18 Å². The zero-order valence-corrected chi connectivity index (χ0v) is 15.7. The summed E-state index contributed by atoms with van der Waals surface area (Å²) in [5, 5.41) is 0. The number of carbonyl (C=O) groups is 1. The maximum absolute atomic E-state index is 14.5. The molecule has 5 nitrogen and oxygen atoms in total. The fourth-order valence-electron chi connectivity index (χ4n) is 3.23. The normalized spacial score (nSPS) is 26.4. The van der Waals surface area contributed by atoms with E-state index >= 15 is 0 Å². The minimum atomic E-state index is -0.598. The lowest BCUT2D eigenvalue weighted by atomic mass is 10.2. The van der Waals surface area contributed by atoms with Crippen molar-refractivity contribution in [3.05, 3.63) is 28.0 Å². The molecule has 1 saturated carbocycles.